The van der Waals surface area contributed by atoms with Crippen molar-refractivity contribution in [3.05, 3.63) is 69.7 Å². The Morgan fingerprint density at radius 2 is 1.93 bits per heavy atom. The number of hydrogen-bond acceptors (Lipinski definition) is 5. The van der Waals surface area contributed by atoms with Gasteiger partial charge in [0, 0.05) is 18.7 Å². The first-order valence-corrected chi connectivity index (χ1v) is 9.07. The van der Waals surface area contributed by atoms with Gasteiger partial charge in [-0.25, -0.2) is 4.98 Å². The van der Waals surface area contributed by atoms with Crippen LogP contribution in [0.15, 0.2) is 53.3 Å². The molecule has 1 aromatic heterocycles. The number of carbonyl (C=O) groups is 1. The third-order valence-electron chi connectivity index (χ3n) is 4.10. The number of carbonyl (C=O) groups excluding carboxylic acids is 1. The molecule has 8 heteroatoms. The lowest BCUT2D eigenvalue weighted by Gasteiger charge is -2.22. The summed E-state index contributed by atoms with van der Waals surface area (Å²) in [7, 11) is 1.56. The Bertz CT molecular complexity index is 1000. The second-order valence-corrected chi connectivity index (χ2v) is 6.52. The van der Waals surface area contributed by atoms with E-state index < -0.39 is 0 Å². The third kappa shape index (κ3) is 5.09. The first-order chi connectivity index (χ1) is 13.6. The van der Waals surface area contributed by atoms with Gasteiger partial charge in [0.1, 0.15) is 11.6 Å². The van der Waals surface area contributed by atoms with E-state index in [0.717, 1.165) is 0 Å². The molecule has 7 nitrogen and oxygen atoms in total. The zero-order valence-corrected chi connectivity index (χ0v) is 16.1. The van der Waals surface area contributed by atoms with Crippen LogP contribution in [0.4, 0.5) is 0 Å². The highest BCUT2D eigenvalue weighted by Gasteiger charge is 2.16. The van der Waals surface area contributed by atoms with Crippen LogP contribution in [0, 0.1) is 0 Å². The maximum Gasteiger partial charge on any atom is 0.260 e. The zero-order chi connectivity index (χ0) is 19.9. The number of aromatic nitrogens is 2. The van der Waals surface area contributed by atoms with Crippen LogP contribution in [-0.4, -0.2) is 47.6 Å². The molecule has 0 bridgehead atoms. The van der Waals surface area contributed by atoms with Gasteiger partial charge in [-0.05, 0) is 36.4 Å². The summed E-state index contributed by atoms with van der Waals surface area (Å²) in [4.78, 5) is 33.6. The minimum atomic E-state index is -0.247. The van der Waals surface area contributed by atoms with E-state index in [2.05, 4.69) is 9.97 Å². The third-order valence-corrected chi connectivity index (χ3v) is 4.35. The number of halogens is 1. The molecule has 0 aliphatic rings. The number of fused-ring (bicyclic) bond motifs is 1. The molecule has 2 aromatic carbocycles. The molecule has 0 fully saturated rings. The molecule has 1 heterocycles. The van der Waals surface area contributed by atoms with E-state index >= 15 is 0 Å². The molecule has 0 unspecified atom stereocenters. The molecule has 1 amide bonds. The molecule has 0 saturated heterocycles. The fourth-order valence-corrected chi connectivity index (χ4v) is 2.78. The fourth-order valence-electron chi connectivity index (χ4n) is 2.65. The van der Waals surface area contributed by atoms with Gasteiger partial charge in [0.15, 0.2) is 6.61 Å². The SMILES string of the molecule is COCCN(Cc1nc2ccccc2c(=O)[nH]1)C(=O)COc1ccc(Cl)cc1. The summed E-state index contributed by atoms with van der Waals surface area (Å²) in [6.07, 6.45) is 0. The number of hydrogen-bond donors (Lipinski definition) is 1. The minimum Gasteiger partial charge on any atom is -0.484 e. The largest absolute Gasteiger partial charge is 0.484 e. The van der Waals surface area contributed by atoms with Gasteiger partial charge in [0.05, 0.1) is 24.1 Å². The summed E-state index contributed by atoms with van der Waals surface area (Å²) in [5.74, 6) is 0.698. The lowest BCUT2D eigenvalue weighted by molar-refractivity contribution is -0.134. The van der Waals surface area contributed by atoms with Gasteiger partial charge in [-0.2, -0.15) is 0 Å². The van der Waals surface area contributed by atoms with Gasteiger partial charge in [-0.15, -0.1) is 0 Å². The molecular formula is C20H20ClN3O4. The van der Waals surface area contributed by atoms with Gasteiger partial charge in [0.2, 0.25) is 0 Å². The van der Waals surface area contributed by atoms with Crippen LogP contribution in [0.1, 0.15) is 5.82 Å². The number of H-pyrrole nitrogens is 1. The summed E-state index contributed by atoms with van der Waals surface area (Å²) >= 11 is 5.85. The summed E-state index contributed by atoms with van der Waals surface area (Å²) in [5.41, 5.74) is 0.343. The molecule has 0 spiro atoms. The monoisotopic (exact) mass is 401 g/mol. The molecule has 3 aromatic rings. The number of ether oxygens (including phenoxy) is 2. The van der Waals surface area contributed by atoms with Crippen molar-refractivity contribution in [1.82, 2.24) is 14.9 Å². The van der Waals surface area contributed by atoms with Crippen molar-refractivity contribution in [2.24, 2.45) is 0 Å². The van der Waals surface area contributed by atoms with E-state index in [1.54, 1.807) is 49.6 Å². The van der Waals surface area contributed by atoms with Gasteiger partial charge in [-0.1, -0.05) is 23.7 Å². The van der Waals surface area contributed by atoms with Gasteiger partial charge >= 0.3 is 0 Å². The predicted molar refractivity (Wildman–Crippen MR) is 107 cm³/mol. The number of nitrogens with zero attached hydrogens (tertiary/aromatic N) is 2. The summed E-state index contributed by atoms with van der Waals surface area (Å²) in [6, 6.07) is 13.8. The zero-order valence-electron chi connectivity index (χ0n) is 15.4. The van der Waals surface area contributed by atoms with E-state index in [9.17, 15) is 9.59 Å². The van der Waals surface area contributed by atoms with Crippen molar-refractivity contribution in [3.8, 4) is 5.75 Å². The molecule has 0 aliphatic heterocycles. The van der Waals surface area contributed by atoms with Crippen molar-refractivity contribution < 1.29 is 14.3 Å². The summed E-state index contributed by atoms with van der Waals surface area (Å²) in [6.45, 7) is 0.690. The average molecular weight is 402 g/mol. The van der Waals surface area contributed by atoms with Crippen molar-refractivity contribution >= 4 is 28.4 Å². The van der Waals surface area contributed by atoms with Crippen LogP contribution < -0.4 is 10.3 Å². The number of methoxy groups -OCH3 is 1. The Hall–Kier alpha value is -2.90. The molecule has 0 atom stereocenters. The fraction of sp³-hybridized carbons (Fsp3) is 0.250. The van der Waals surface area contributed by atoms with Crippen LogP contribution in [0.5, 0.6) is 5.75 Å². The van der Waals surface area contributed by atoms with Crippen LogP contribution in [0.3, 0.4) is 0 Å². The maximum atomic E-state index is 12.6. The van der Waals surface area contributed by atoms with Crippen LogP contribution in [0.25, 0.3) is 10.9 Å². The lowest BCUT2D eigenvalue weighted by atomic mass is 10.2. The number of para-hydroxylation sites is 1. The first-order valence-electron chi connectivity index (χ1n) is 8.70. The Morgan fingerprint density at radius 3 is 2.68 bits per heavy atom. The molecule has 0 aliphatic carbocycles. The Morgan fingerprint density at radius 1 is 1.18 bits per heavy atom. The standard InChI is InChI=1S/C20H20ClN3O4/c1-27-11-10-24(19(25)13-28-15-8-6-14(21)7-9-15)12-18-22-17-5-3-2-4-16(17)20(26)23-18/h2-9H,10-13H2,1H3,(H,22,23,26). The lowest BCUT2D eigenvalue weighted by Crippen LogP contribution is -2.37. The average Bonchev–Trinajstić information content (AvgIpc) is 2.70. The summed E-state index contributed by atoms with van der Waals surface area (Å²) < 4.78 is 10.6. The van der Waals surface area contributed by atoms with Gasteiger partial charge in [-0.3, -0.25) is 9.59 Å². The smallest absolute Gasteiger partial charge is 0.260 e. The maximum absolute atomic E-state index is 12.6. The molecule has 1 N–H and O–H groups in total. The minimum absolute atomic E-state index is 0.145. The predicted octanol–water partition coefficient (Wildman–Crippen LogP) is 2.63. The number of amides is 1. The molecule has 0 radical (unpaired) electrons. The van der Waals surface area contributed by atoms with Gasteiger partial charge < -0.3 is 19.4 Å². The van der Waals surface area contributed by atoms with E-state index in [0.29, 0.717) is 40.7 Å². The highest BCUT2D eigenvalue weighted by molar-refractivity contribution is 6.30. The van der Waals surface area contributed by atoms with E-state index in [-0.39, 0.29) is 24.6 Å². The van der Waals surface area contributed by atoms with Crippen LogP contribution >= 0.6 is 11.6 Å². The van der Waals surface area contributed by atoms with Crippen LogP contribution in [-0.2, 0) is 16.1 Å². The quantitative estimate of drug-likeness (QED) is 0.627. The molecular weight excluding hydrogens is 382 g/mol. The van der Waals surface area contributed by atoms with E-state index in [1.807, 2.05) is 6.07 Å². The van der Waals surface area contributed by atoms with Gasteiger partial charge in [0.25, 0.3) is 11.5 Å². The molecule has 0 saturated carbocycles. The van der Waals surface area contributed by atoms with Crippen molar-refractivity contribution in [2.45, 2.75) is 6.54 Å². The van der Waals surface area contributed by atoms with E-state index in [4.69, 9.17) is 21.1 Å². The number of nitrogens with one attached hydrogen (secondary N) is 1. The molecule has 28 heavy (non-hydrogen) atoms. The Balaban J connectivity index is 1.73. The second kappa shape index (κ2) is 9.34. The highest BCUT2D eigenvalue weighted by Crippen LogP contribution is 2.15. The Labute approximate surface area is 166 Å². The van der Waals surface area contributed by atoms with Crippen molar-refractivity contribution in [3.63, 3.8) is 0 Å². The highest BCUT2D eigenvalue weighted by atomic mass is 35.5. The number of rotatable bonds is 8. The Kier molecular flexibility index (Phi) is 6.62. The number of benzene rings is 2. The van der Waals surface area contributed by atoms with Crippen LogP contribution in [0.2, 0.25) is 5.02 Å². The summed E-state index contributed by atoms with van der Waals surface area (Å²) in [5, 5.41) is 1.10. The molecule has 3 rings (SSSR count). The normalized spacial score (nSPS) is 10.8. The second-order valence-electron chi connectivity index (χ2n) is 6.08. The van der Waals surface area contributed by atoms with Crippen molar-refractivity contribution in [1.29, 1.82) is 0 Å². The number of aromatic amines is 1. The first kappa shape index (κ1) is 19.9. The van der Waals surface area contributed by atoms with Crippen molar-refractivity contribution in [2.75, 3.05) is 26.9 Å². The topological polar surface area (TPSA) is 84.5 Å². The van der Waals surface area contributed by atoms with E-state index in [1.165, 1.54) is 4.90 Å². The molecule has 146 valence electrons.